The molecule has 0 bridgehead atoms. The van der Waals surface area contributed by atoms with Gasteiger partial charge in [0.25, 0.3) is 0 Å². The Hall–Kier alpha value is -0.730. The summed E-state index contributed by atoms with van der Waals surface area (Å²) in [5.74, 6) is 1.39. The predicted molar refractivity (Wildman–Crippen MR) is 76.8 cm³/mol. The Morgan fingerprint density at radius 2 is 2.22 bits per heavy atom. The SMILES string of the molecule is COc1cc(C(C)C)c(Cl)cc1CC1CCCN1. The summed E-state index contributed by atoms with van der Waals surface area (Å²) < 4.78 is 5.52. The molecule has 0 aromatic heterocycles. The van der Waals surface area contributed by atoms with Crippen molar-refractivity contribution in [2.75, 3.05) is 13.7 Å². The van der Waals surface area contributed by atoms with Gasteiger partial charge in [0, 0.05) is 11.1 Å². The van der Waals surface area contributed by atoms with Gasteiger partial charge in [0.05, 0.1) is 7.11 Å². The fourth-order valence-corrected chi connectivity index (χ4v) is 3.00. The van der Waals surface area contributed by atoms with E-state index < -0.39 is 0 Å². The summed E-state index contributed by atoms with van der Waals surface area (Å²) in [6.07, 6.45) is 3.51. The van der Waals surface area contributed by atoms with E-state index in [2.05, 4.69) is 31.3 Å². The van der Waals surface area contributed by atoms with E-state index in [0.29, 0.717) is 12.0 Å². The summed E-state index contributed by atoms with van der Waals surface area (Å²) in [5.41, 5.74) is 2.38. The highest BCUT2D eigenvalue weighted by Crippen LogP contribution is 2.32. The molecule has 0 aliphatic carbocycles. The second-order valence-electron chi connectivity index (χ2n) is 5.34. The number of nitrogens with one attached hydrogen (secondary N) is 1. The molecule has 1 N–H and O–H groups in total. The van der Waals surface area contributed by atoms with E-state index in [4.69, 9.17) is 16.3 Å². The van der Waals surface area contributed by atoms with Gasteiger partial charge in [-0.3, -0.25) is 0 Å². The third-order valence-electron chi connectivity index (χ3n) is 3.65. The average Bonchev–Trinajstić information content (AvgIpc) is 2.81. The Kier molecular flexibility index (Phi) is 4.52. The monoisotopic (exact) mass is 267 g/mol. The minimum Gasteiger partial charge on any atom is -0.496 e. The van der Waals surface area contributed by atoms with Crippen LogP contribution < -0.4 is 10.1 Å². The number of halogens is 1. The van der Waals surface area contributed by atoms with Crippen LogP contribution in [0.15, 0.2) is 12.1 Å². The van der Waals surface area contributed by atoms with E-state index in [0.717, 1.165) is 29.3 Å². The van der Waals surface area contributed by atoms with Gasteiger partial charge in [0.15, 0.2) is 0 Å². The first kappa shape index (κ1) is 13.7. The molecule has 0 radical (unpaired) electrons. The van der Waals surface area contributed by atoms with Crippen LogP contribution in [-0.2, 0) is 6.42 Å². The first-order valence-corrected chi connectivity index (χ1v) is 7.09. The van der Waals surface area contributed by atoms with E-state index in [-0.39, 0.29) is 0 Å². The summed E-state index contributed by atoms with van der Waals surface area (Å²) in [6, 6.07) is 4.74. The van der Waals surface area contributed by atoms with Crippen LogP contribution >= 0.6 is 11.6 Å². The van der Waals surface area contributed by atoms with Gasteiger partial charge in [-0.25, -0.2) is 0 Å². The zero-order valence-electron chi connectivity index (χ0n) is 11.4. The van der Waals surface area contributed by atoms with Crippen molar-refractivity contribution in [1.29, 1.82) is 0 Å². The highest BCUT2D eigenvalue weighted by molar-refractivity contribution is 6.31. The first-order chi connectivity index (χ1) is 8.61. The molecule has 0 saturated carbocycles. The highest BCUT2D eigenvalue weighted by atomic mass is 35.5. The number of ether oxygens (including phenoxy) is 1. The second-order valence-corrected chi connectivity index (χ2v) is 5.74. The van der Waals surface area contributed by atoms with Gasteiger partial charge in [-0.05, 0) is 55.0 Å². The van der Waals surface area contributed by atoms with Crippen LogP contribution in [0.5, 0.6) is 5.75 Å². The third kappa shape index (κ3) is 2.99. The van der Waals surface area contributed by atoms with Crippen LogP contribution in [0.1, 0.15) is 43.7 Å². The average molecular weight is 268 g/mol. The maximum absolute atomic E-state index is 6.36. The molecule has 3 heteroatoms. The first-order valence-electron chi connectivity index (χ1n) is 6.71. The Morgan fingerprint density at radius 1 is 1.44 bits per heavy atom. The Morgan fingerprint density at radius 3 is 2.78 bits per heavy atom. The van der Waals surface area contributed by atoms with Crippen molar-refractivity contribution in [3.63, 3.8) is 0 Å². The molecule has 18 heavy (non-hydrogen) atoms. The zero-order chi connectivity index (χ0) is 13.1. The van der Waals surface area contributed by atoms with Crippen molar-refractivity contribution < 1.29 is 4.74 Å². The van der Waals surface area contributed by atoms with Gasteiger partial charge in [-0.2, -0.15) is 0 Å². The van der Waals surface area contributed by atoms with Gasteiger partial charge in [0.2, 0.25) is 0 Å². The van der Waals surface area contributed by atoms with Gasteiger partial charge in [-0.1, -0.05) is 25.4 Å². The molecule has 0 amide bonds. The minimum atomic E-state index is 0.421. The van der Waals surface area contributed by atoms with Crippen molar-refractivity contribution >= 4 is 11.6 Å². The van der Waals surface area contributed by atoms with E-state index in [1.807, 2.05) is 0 Å². The van der Waals surface area contributed by atoms with Crippen LogP contribution in [0.4, 0.5) is 0 Å². The van der Waals surface area contributed by atoms with Crippen LogP contribution in [0.25, 0.3) is 0 Å². The quantitative estimate of drug-likeness (QED) is 0.897. The number of benzene rings is 1. The van der Waals surface area contributed by atoms with Crippen molar-refractivity contribution in [2.24, 2.45) is 0 Å². The Bertz CT molecular complexity index is 411. The molecular formula is C15H22ClNO. The summed E-state index contributed by atoms with van der Waals surface area (Å²) in [4.78, 5) is 0. The largest absolute Gasteiger partial charge is 0.496 e. The lowest BCUT2D eigenvalue weighted by Crippen LogP contribution is -2.23. The highest BCUT2D eigenvalue weighted by Gasteiger charge is 2.18. The van der Waals surface area contributed by atoms with E-state index in [1.165, 1.54) is 18.4 Å². The normalized spacial score (nSPS) is 19.5. The fourth-order valence-electron chi connectivity index (χ4n) is 2.60. The molecule has 1 aliphatic heterocycles. The molecule has 1 aromatic rings. The van der Waals surface area contributed by atoms with E-state index in [9.17, 15) is 0 Å². The standard InChI is InChI=1S/C15H22ClNO/c1-10(2)13-9-15(18-3)11(8-14(13)16)7-12-5-4-6-17-12/h8-10,12,17H,4-7H2,1-3H3. The molecule has 1 atom stereocenters. The number of hydrogen-bond donors (Lipinski definition) is 1. The minimum absolute atomic E-state index is 0.421. The molecule has 1 saturated heterocycles. The predicted octanol–water partition coefficient (Wildman–Crippen LogP) is 3.77. The van der Waals surface area contributed by atoms with Crippen LogP contribution in [0.2, 0.25) is 5.02 Å². The molecule has 1 unspecified atom stereocenters. The van der Waals surface area contributed by atoms with Crippen LogP contribution in [0.3, 0.4) is 0 Å². The topological polar surface area (TPSA) is 21.3 Å². The molecule has 1 heterocycles. The van der Waals surface area contributed by atoms with Crippen molar-refractivity contribution in [3.8, 4) is 5.75 Å². The smallest absolute Gasteiger partial charge is 0.122 e. The maximum atomic E-state index is 6.36. The summed E-state index contributed by atoms with van der Waals surface area (Å²) in [5, 5.41) is 4.37. The zero-order valence-corrected chi connectivity index (χ0v) is 12.2. The molecule has 100 valence electrons. The fraction of sp³-hybridized carbons (Fsp3) is 0.600. The van der Waals surface area contributed by atoms with Gasteiger partial charge >= 0.3 is 0 Å². The third-order valence-corrected chi connectivity index (χ3v) is 3.98. The van der Waals surface area contributed by atoms with Crippen LogP contribution in [-0.4, -0.2) is 19.7 Å². The second kappa shape index (κ2) is 5.94. The molecule has 1 aliphatic rings. The molecule has 2 nitrogen and oxygen atoms in total. The number of rotatable bonds is 4. The Balaban J connectivity index is 2.25. The lowest BCUT2D eigenvalue weighted by molar-refractivity contribution is 0.406. The summed E-state index contributed by atoms with van der Waals surface area (Å²) in [6.45, 7) is 5.43. The van der Waals surface area contributed by atoms with E-state index >= 15 is 0 Å². The van der Waals surface area contributed by atoms with Crippen LogP contribution in [0, 0.1) is 0 Å². The van der Waals surface area contributed by atoms with Crippen molar-refractivity contribution in [2.45, 2.75) is 45.1 Å². The summed E-state index contributed by atoms with van der Waals surface area (Å²) >= 11 is 6.36. The number of hydrogen-bond acceptors (Lipinski definition) is 2. The van der Waals surface area contributed by atoms with Crippen molar-refractivity contribution in [1.82, 2.24) is 5.32 Å². The van der Waals surface area contributed by atoms with Crippen molar-refractivity contribution in [3.05, 3.63) is 28.3 Å². The van der Waals surface area contributed by atoms with Gasteiger partial charge in [0.1, 0.15) is 5.75 Å². The maximum Gasteiger partial charge on any atom is 0.122 e. The lowest BCUT2D eigenvalue weighted by atomic mass is 9.97. The van der Waals surface area contributed by atoms with Gasteiger partial charge < -0.3 is 10.1 Å². The molecular weight excluding hydrogens is 246 g/mol. The molecule has 0 spiro atoms. The van der Waals surface area contributed by atoms with E-state index in [1.54, 1.807) is 7.11 Å². The summed E-state index contributed by atoms with van der Waals surface area (Å²) in [7, 11) is 1.74. The Labute approximate surface area is 115 Å². The molecule has 1 fully saturated rings. The lowest BCUT2D eigenvalue weighted by Gasteiger charge is -2.17. The molecule has 2 rings (SSSR count). The van der Waals surface area contributed by atoms with Gasteiger partial charge in [-0.15, -0.1) is 0 Å². The molecule has 1 aromatic carbocycles. The number of methoxy groups -OCH3 is 1.